The number of benzene rings is 2. The summed E-state index contributed by atoms with van der Waals surface area (Å²) in [6.45, 7) is 3.76. The van der Waals surface area contributed by atoms with Crippen LogP contribution >= 0.6 is 0 Å². The van der Waals surface area contributed by atoms with E-state index in [2.05, 4.69) is 15.3 Å². The molecule has 0 unspecified atom stereocenters. The highest BCUT2D eigenvalue weighted by atomic mass is 16.5. The van der Waals surface area contributed by atoms with Gasteiger partial charge in [0.2, 0.25) is 5.91 Å². The molecule has 2 N–H and O–H groups in total. The lowest BCUT2D eigenvalue weighted by Crippen LogP contribution is -2.27. The van der Waals surface area contributed by atoms with E-state index in [9.17, 15) is 9.59 Å². The summed E-state index contributed by atoms with van der Waals surface area (Å²) in [5, 5.41) is 2.95. The molecule has 0 aliphatic rings. The van der Waals surface area contributed by atoms with Gasteiger partial charge in [-0.05, 0) is 50.6 Å². The second-order valence-corrected chi connectivity index (χ2v) is 6.80. The zero-order chi connectivity index (χ0) is 20.8. The lowest BCUT2D eigenvalue weighted by Gasteiger charge is -2.13. The van der Waals surface area contributed by atoms with Gasteiger partial charge in [0.25, 0.3) is 0 Å². The molecular weight excluding hydrogens is 370 g/mol. The molecule has 7 heteroatoms. The second kappa shape index (κ2) is 9.23. The molecule has 0 aliphatic heterocycles. The van der Waals surface area contributed by atoms with E-state index in [-0.39, 0.29) is 17.7 Å². The van der Waals surface area contributed by atoms with E-state index in [0.29, 0.717) is 36.5 Å². The predicted molar refractivity (Wildman–Crippen MR) is 110 cm³/mol. The van der Waals surface area contributed by atoms with Gasteiger partial charge in [-0.3, -0.25) is 9.59 Å². The van der Waals surface area contributed by atoms with Crippen molar-refractivity contribution in [1.82, 2.24) is 15.3 Å². The van der Waals surface area contributed by atoms with Crippen LogP contribution < -0.4 is 14.8 Å². The van der Waals surface area contributed by atoms with E-state index < -0.39 is 0 Å². The number of hydrogen-bond acceptors (Lipinski definition) is 5. The summed E-state index contributed by atoms with van der Waals surface area (Å²) in [5.74, 6) is 1.67. The largest absolute Gasteiger partial charge is 0.493 e. The van der Waals surface area contributed by atoms with Crippen molar-refractivity contribution in [3.05, 3.63) is 53.9 Å². The van der Waals surface area contributed by atoms with Crippen LogP contribution in [0.5, 0.6) is 11.5 Å². The molecule has 152 valence electrons. The van der Waals surface area contributed by atoms with Crippen LogP contribution in [-0.2, 0) is 4.79 Å². The van der Waals surface area contributed by atoms with E-state index in [4.69, 9.17) is 9.47 Å². The van der Waals surface area contributed by atoms with Crippen molar-refractivity contribution in [1.29, 1.82) is 0 Å². The molecule has 3 aromatic rings. The van der Waals surface area contributed by atoms with Gasteiger partial charge in [0.1, 0.15) is 5.82 Å². The van der Waals surface area contributed by atoms with Gasteiger partial charge in [0, 0.05) is 12.0 Å². The van der Waals surface area contributed by atoms with E-state index in [1.165, 1.54) is 14.0 Å². The Labute approximate surface area is 169 Å². The van der Waals surface area contributed by atoms with Gasteiger partial charge in [-0.1, -0.05) is 12.1 Å². The first kappa shape index (κ1) is 20.4. The zero-order valence-corrected chi connectivity index (χ0v) is 16.8. The molecule has 0 saturated heterocycles. The van der Waals surface area contributed by atoms with E-state index >= 15 is 0 Å². The summed E-state index contributed by atoms with van der Waals surface area (Å²) in [4.78, 5) is 31.4. The number of nitrogens with zero attached hydrogens (tertiary/aromatic N) is 1. The third-order valence-corrected chi connectivity index (χ3v) is 4.57. The first-order valence-electron chi connectivity index (χ1n) is 9.53. The van der Waals surface area contributed by atoms with Crippen molar-refractivity contribution in [2.24, 2.45) is 0 Å². The summed E-state index contributed by atoms with van der Waals surface area (Å²) in [6, 6.07) is 12.6. The fourth-order valence-corrected chi connectivity index (χ4v) is 2.98. The van der Waals surface area contributed by atoms with Crippen LogP contribution in [0.2, 0.25) is 0 Å². The number of carbonyl (C=O) groups is 2. The fourth-order valence-electron chi connectivity index (χ4n) is 2.98. The quantitative estimate of drug-likeness (QED) is 0.424. The molecule has 0 fully saturated rings. The molecule has 0 aliphatic carbocycles. The molecule has 0 radical (unpaired) electrons. The highest BCUT2D eigenvalue weighted by molar-refractivity contribution is 5.94. The standard InChI is InChI=1S/C22H25N3O4/c1-14(22-24-17-7-4-5-8-18(17)25-22)23-21(27)9-6-12-29-19-11-10-16(15(2)26)13-20(19)28-3/h4-5,7-8,10-11,13-14H,6,9,12H2,1-3H3,(H,23,27)(H,24,25)/t14-/m1/s1. The van der Waals surface area contributed by atoms with Gasteiger partial charge in [0.05, 0.1) is 30.8 Å². The van der Waals surface area contributed by atoms with E-state index in [0.717, 1.165) is 16.9 Å². The molecule has 3 rings (SSSR count). The van der Waals surface area contributed by atoms with E-state index in [1.54, 1.807) is 18.2 Å². The van der Waals surface area contributed by atoms with Crippen LogP contribution in [0.4, 0.5) is 0 Å². The molecule has 0 spiro atoms. The number of aromatic amines is 1. The Morgan fingerprint density at radius 1 is 1.17 bits per heavy atom. The van der Waals surface area contributed by atoms with Gasteiger partial charge in [-0.15, -0.1) is 0 Å². The van der Waals surface area contributed by atoms with Crippen LogP contribution in [0.25, 0.3) is 11.0 Å². The summed E-state index contributed by atoms with van der Waals surface area (Å²) in [5.41, 5.74) is 2.39. The van der Waals surface area contributed by atoms with Crippen LogP contribution in [0.3, 0.4) is 0 Å². The number of H-pyrrole nitrogens is 1. The normalized spacial score (nSPS) is 11.8. The average Bonchev–Trinajstić information content (AvgIpc) is 3.15. The smallest absolute Gasteiger partial charge is 0.220 e. The maximum absolute atomic E-state index is 12.2. The van der Waals surface area contributed by atoms with Gasteiger partial charge in [-0.25, -0.2) is 4.98 Å². The molecule has 7 nitrogen and oxygen atoms in total. The lowest BCUT2D eigenvalue weighted by molar-refractivity contribution is -0.122. The average molecular weight is 395 g/mol. The first-order valence-corrected chi connectivity index (χ1v) is 9.53. The Bertz CT molecular complexity index is 979. The van der Waals surface area contributed by atoms with Crippen LogP contribution in [0, 0.1) is 0 Å². The number of rotatable bonds is 9. The van der Waals surface area contributed by atoms with Crippen LogP contribution in [-0.4, -0.2) is 35.4 Å². The first-order chi connectivity index (χ1) is 14.0. The van der Waals surface area contributed by atoms with Crippen molar-refractivity contribution >= 4 is 22.7 Å². The monoisotopic (exact) mass is 395 g/mol. The second-order valence-electron chi connectivity index (χ2n) is 6.80. The number of ketones is 1. The summed E-state index contributed by atoms with van der Waals surface area (Å²) < 4.78 is 11.0. The number of Topliss-reactive ketones (excluding diaryl/α,β-unsaturated/α-hetero) is 1. The SMILES string of the molecule is COc1cc(C(C)=O)ccc1OCCCC(=O)N[C@H](C)c1nc2ccccc2[nH]1. The minimum atomic E-state index is -0.213. The molecule has 1 atom stereocenters. The number of hydrogen-bond donors (Lipinski definition) is 2. The highest BCUT2D eigenvalue weighted by Gasteiger charge is 2.14. The van der Waals surface area contributed by atoms with E-state index in [1.807, 2.05) is 31.2 Å². The molecular formula is C22H25N3O4. The number of aromatic nitrogens is 2. The summed E-state index contributed by atoms with van der Waals surface area (Å²) in [6.07, 6.45) is 0.884. The number of imidazole rings is 1. The number of fused-ring (bicyclic) bond motifs is 1. The molecule has 2 aromatic carbocycles. The Balaban J connectivity index is 1.47. The molecule has 0 bridgehead atoms. The minimum Gasteiger partial charge on any atom is -0.493 e. The van der Waals surface area contributed by atoms with Crippen molar-refractivity contribution in [3.8, 4) is 11.5 Å². The van der Waals surface area contributed by atoms with Crippen molar-refractivity contribution < 1.29 is 19.1 Å². The maximum Gasteiger partial charge on any atom is 0.220 e. The number of ether oxygens (including phenoxy) is 2. The molecule has 1 heterocycles. The van der Waals surface area contributed by atoms with Crippen molar-refractivity contribution in [2.45, 2.75) is 32.7 Å². The number of methoxy groups -OCH3 is 1. The van der Waals surface area contributed by atoms with Gasteiger partial charge in [-0.2, -0.15) is 0 Å². The zero-order valence-electron chi connectivity index (χ0n) is 16.8. The highest BCUT2D eigenvalue weighted by Crippen LogP contribution is 2.28. The van der Waals surface area contributed by atoms with Crippen molar-refractivity contribution in [3.63, 3.8) is 0 Å². The third-order valence-electron chi connectivity index (χ3n) is 4.57. The maximum atomic E-state index is 12.2. The number of amides is 1. The fraction of sp³-hybridized carbons (Fsp3) is 0.318. The Morgan fingerprint density at radius 2 is 1.97 bits per heavy atom. The summed E-state index contributed by atoms with van der Waals surface area (Å²) in [7, 11) is 1.53. The van der Waals surface area contributed by atoms with Gasteiger partial charge >= 0.3 is 0 Å². The van der Waals surface area contributed by atoms with Crippen LogP contribution in [0.15, 0.2) is 42.5 Å². The number of para-hydroxylation sites is 2. The minimum absolute atomic E-state index is 0.0369. The topological polar surface area (TPSA) is 93.3 Å². The number of nitrogens with one attached hydrogen (secondary N) is 2. The molecule has 1 aromatic heterocycles. The van der Waals surface area contributed by atoms with Gasteiger partial charge < -0.3 is 19.8 Å². The number of carbonyl (C=O) groups excluding carboxylic acids is 2. The molecule has 0 saturated carbocycles. The van der Waals surface area contributed by atoms with Crippen molar-refractivity contribution in [2.75, 3.05) is 13.7 Å². The Kier molecular flexibility index (Phi) is 6.49. The Morgan fingerprint density at radius 3 is 2.69 bits per heavy atom. The third kappa shape index (κ3) is 5.13. The Hall–Kier alpha value is -3.35. The molecule has 1 amide bonds. The van der Waals surface area contributed by atoms with Crippen LogP contribution in [0.1, 0.15) is 48.9 Å². The van der Waals surface area contributed by atoms with Gasteiger partial charge in [0.15, 0.2) is 17.3 Å². The molecule has 29 heavy (non-hydrogen) atoms. The summed E-state index contributed by atoms with van der Waals surface area (Å²) >= 11 is 0. The predicted octanol–water partition coefficient (Wildman–Crippen LogP) is 3.81. The lowest BCUT2D eigenvalue weighted by atomic mass is 10.1.